The first-order valence-corrected chi connectivity index (χ1v) is 5.09. The number of Topliss-reactive ketones (excluding diaryl/α,β-unsaturated/α-hetero) is 1. The maximum atomic E-state index is 11.6. The summed E-state index contributed by atoms with van der Waals surface area (Å²) in [5, 5.41) is 0. The maximum absolute atomic E-state index is 11.6. The Hall–Kier alpha value is -1.09. The van der Waals surface area contributed by atoms with Crippen molar-refractivity contribution in [2.45, 2.75) is 19.8 Å². The number of hydrogen-bond donors (Lipinski definition) is 1. The molecule has 0 atom stereocenters. The number of carbonyl (C=O) groups excluding carboxylic acids is 1. The van der Waals surface area contributed by atoms with Crippen molar-refractivity contribution in [3.63, 3.8) is 0 Å². The Kier molecular flexibility index (Phi) is 4.40. The van der Waals surface area contributed by atoms with Gasteiger partial charge >= 0.3 is 0 Å². The van der Waals surface area contributed by atoms with Crippen LogP contribution in [0.2, 0.25) is 0 Å². The Balaban J connectivity index is 2.34. The van der Waals surface area contributed by atoms with Crippen molar-refractivity contribution in [2.24, 2.45) is 0 Å². The number of nitrogens with one attached hydrogen (secondary N) is 1. The van der Waals surface area contributed by atoms with E-state index in [-0.39, 0.29) is 5.78 Å². The molecule has 78 valence electrons. The van der Waals surface area contributed by atoms with Gasteiger partial charge in [0.15, 0.2) is 5.78 Å². The number of likely N-dealkylation sites (N-methyl/N-ethyl adjacent to an activating group) is 1. The standard InChI is InChI=1S/C11H18N2O/c1-3-4-8-13(2)9-11(14)10-6-5-7-12-10/h5-7,12H,3-4,8-9H2,1-2H3. The van der Waals surface area contributed by atoms with Crippen LogP contribution in [0, 0.1) is 0 Å². The predicted molar refractivity (Wildman–Crippen MR) is 57.5 cm³/mol. The Morgan fingerprint density at radius 2 is 2.36 bits per heavy atom. The van der Waals surface area contributed by atoms with Crippen molar-refractivity contribution in [3.8, 4) is 0 Å². The van der Waals surface area contributed by atoms with Gasteiger partial charge in [-0.15, -0.1) is 0 Å². The fourth-order valence-corrected chi connectivity index (χ4v) is 1.34. The molecule has 0 radical (unpaired) electrons. The first-order valence-electron chi connectivity index (χ1n) is 5.09. The van der Waals surface area contributed by atoms with Gasteiger partial charge in [-0.25, -0.2) is 0 Å². The monoisotopic (exact) mass is 194 g/mol. The van der Waals surface area contributed by atoms with E-state index < -0.39 is 0 Å². The quantitative estimate of drug-likeness (QED) is 0.702. The number of rotatable bonds is 6. The van der Waals surface area contributed by atoms with Crippen molar-refractivity contribution in [3.05, 3.63) is 24.0 Å². The Morgan fingerprint density at radius 3 is 2.93 bits per heavy atom. The highest BCUT2D eigenvalue weighted by molar-refractivity contribution is 5.95. The molecule has 0 aliphatic carbocycles. The zero-order valence-corrected chi connectivity index (χ0v) is 8.92. The van der Waals surface area contributed by atoms with Gasteiger partial charge in [-0.1, -0.05) is 13.3 Å². The maximum Gasteiger partial charge on any atom is 0.192 e. The van der Waals surface area contributed by atoms with E-state index in [1.807, 2.05) is 19.2 Å². The average Bonchev–Trinajstić information content (AvgIpc) is 2.67. The Bertz CT molecular complexity index is 267. The number of aromatic nitrogens is 1. The Morgan fingerprint density at radius 1 is 1.57 bits per heavy atom. The summed E-state index contributed by atoms with van der Waals surface area (Å²) in [4.78, 5) is 16.6. The lowest BCUT2D eigenvalue weighted by atomic mass is 10.2. The molecule has 0 saturated heterocycles. The van der Waals surface area contributed by atoms with Crippen LogP contribution in [0.5, 0.6) is 0 Å². The summed E-state index contributed by atoms with van der Waals surface area (Å²) in [6, 6.07) is 3.66. The molecule has 0 spiro atoms. The number of hydrogen-bond acceptors (Lipinski definition) is 2. The normalized spacial score (nSPS) is 10.8. The highest BCUT2D eigenvalue weighted by atomic mass is 16.1. The first-order chi connectivity index (χ1) is 6.74. The van der Waals surface area contributed by atoms with Gasteiger partial charge in [-0.3, -0.25) is 9.69 Å². The van der Waals surface area contributed by atoms with E-state index in [0.29, 0.717) is 12.2 Å². The number of aromatic amines is 1. The smallest absolute Gasteiger partial charge is 0.192 e. The van der Waals surface area contributed by atoms with E-state index in [9.17, 15) is 4.79 Å². The van der Waals surface area contributed by atoms with E-state index in [2.05, 4.69) is 16.8 Å². The largest absolute Gasteiger partial charge is 0.359 e. The van der Waals surface area contributed by atoms with E-state index in [1.54, 1.807) is 6.20 Å². The zero-order valence-electron chi connectivity index (χ0n) is 8.92. The van der Waals surface area contributed by atoms with Crippen molar-refractivity contribution >= 4 is 5.78 Å². The lowest BCUT2D eigenvalue weighted by Gasteiger charge is -2.14. The molecule has 0 bridgehead atoms. The highest BCUT2D eigenvalue weighted by Gasteiger charge is 2.08. The number of ketones is 1. The lowest BCUT2D eigenvalue weighted by molar-refractivity contribution is 0.0941. The number of carbonyl (C=O) groups is 1. The average molecular weight is 194 g/mol. The first kappa shape index (κ1) is 11.0. The molecule has 3 nitrogen and oxygen atoms in total. The van der Waals surface area contributed by atoms with Crippen molar-refractivity contribution in [1.82, 2.24) is 9.88 Å². The third-order valence-electron chi connectivity index (χ3n) is 2.21. The fraction of sp³-hybridized carbons (Fsp3) is 0.545. The lowest BCUT2D eigenvalue weighted by Crippen LogP contribution is -2.27. The summed E-state index contributed by atoms with van der Waals surface area (Å²) in [6.07, 6.45) is 4.09. The second-order valence-electron chi connectivity index (χ2n) is 3.60. The van der Waals surface area contributed by atoms with Crippen LogP contribution in [-0.4, -0.2) is 35.8 Å². The number of unbranched alkanes of at least 4 members (excludes halogenated alkanes) is 1. The molecule has 0 aliphatic rings. The van der Waals surface area contributed by atoms with Crippen molar-refractivity contribution in [2.75, 3.05) is 20.1 Å². The summed E-state index contributed by atoms with van der Waals surface area (Å²) >= 11 is 0. The van der Waals surface area contributed by atoms with Gasteiger partial charge in [0.05, 0.1) is 12.2 Å². The van der Waals surface area contributed by atoms with Crippen LogP contribution in [0.25, 0.3) is 0 Å². The Labute approximate surface area is 85.1 Å². The second kappa shape index (κ2) is 5.60. The number of nitrogens with zero attached hydrogens (tertiary/aromatic N) is 1. The molecule has 1 aromatic rings. The zero-order chi connectivity index (χ0) is 10.4. The molecule has 3 heteroatoms. The second-order valence-corrected chi connectivity index (χ2v) is 3.60. The van der Waals surface area contributed by atoms with Crippen LogP contribution < -0.4 is 0 Å². The van der Waals surface area contributed by atoms with E-state index in [1.165, 1.54) is 6.42 Å². The molecule has 1 N–H and O–H groups in total. The summed E-state index contributed by atoms with van der Waals surface area (Å²) < 4.78 is 0. The van der Waals surface area contributed by atoms with Crippen LogP contribution in [0.4, 0.5) is 0 Å². The third-order valence-corrected chi connectivity index (χ3v) is 2.21. The third kappa shape index (κ3) is 3.34. The van der Waals surface area contributed by atoms with Gasteiger partial charge in [0, 0.05) is 6.20 Å². The molecule has 14 heavy (non-hydrogen) atoms. The van der Waals surface area contributed by atoms with Crippen LogP contribution in [0.15, 0.2) is 18.3 Å². The minimum atomic E-state index is 0.161. The van der Waals surface area contributed by atoms with Gasteiger partial charge in [-0.05, 0) is 32.1 Å². The molecule has 0 amide bonds. The van der Waals surface area contributed by atoms with Crippen LogP contribution >= 0.6 is 0 Å². The molecule has 1 aromatic heterocycles. The summed E-state index contributed by atoms with van der Waals surface area (Å²) in [7, 11) is 1.98. The van der Waals surface area contributed by atoms with Gasteiger partial charge in [-0.2, -0.15) is 0 Å². The molecule has 0 unspecified atom stereocenters. The van der Waals surface area contributed by atoms with Crippen molar-refractivity contribution < 1.29 is 4.79 Å². The summed E-state index contributed by atoms with van der Waals surface area (Å²) in [5.41, 5.74) is 0.702. The summed E-state index contributed by atoms with van der Waals surface area (Å²) in [6.45, 7) is 3.64. The van der Waals surface area contributed by atoms with Gasteiger partial charge < -0.3 is 4.98 Å². The minimum absolute atomic E-state index is 0.161. The van der Waals surface area contributed by atoms with E-state index in [4.69, 9.17) is 0 Å². The fourth-order valence-electron chi connectivity index (χ4n) is 1.34. The molecular weight excluding hydrogens is 176 g/mol. The molecule has 1 rings (SSSR count). The predicted octanol–water partition coefficient (Wildman–Crippen LogP) is 1.93. The molecule has 0 aromatic carbocycles. The van der Waals surface area contributed by atoms with Crippen molar-refractivity contribution in [1.29, 1.82) is 0 Å². The van der Waals surface area contributed by atoms with Crippen LogP contribution in [0.1, 0.15) is 30.3 Å². The topological polar surface area (TPSA) is 36.1 Å². The molecule has 0 aliphatic heterocycles. The SMILES string of the molecule is CCCCN(C)CC(=O)c1ccc[nH]1. The van der Waals surface area contributed by atoms with Gasteiger partial charge in [0.2, 0.25) is 0 Å². The van der Waals surface area contributed by atoms with Gasteiger partial charge in [0.25, 0.3) is 0 Å². The molecule has 0 fully saturated rings. The van der Waals surface area contributed by atoms with Crippen LogP contribution in [0.3, 0.4) is 0 Å². The summed E-state index contributed by atoms with van der Waals surface area (Å²) in [5.74, 6) is 0.161. The molecular formula is C11H18N2O. The highest BCUT2D eigenvalue weighted by Crippen LogP contribution is 1.99. The van der Waals surface area contributed by atoms with Gasteiger partial charge in [0.1, 0.15) is 0 Å². The molecule has 1 heterocycles. The molecule has 0 saturated carbocycles. The number of H-pyrrole nitrogens is 1. The van der Waals surface area contributed by atoms with E-state index in [0.717, 1.165) is 13.0 Å². The minimum Gasteiger partial charge on any atom is -0.359 e. The van der Waals surface area contributed by atoms with E-state index >= 15 is 0 Å². The van der Waals surface area contributed by atoms with Crippen LogP contribution in [-0.2, 0) is 0 Å².